The van der Waals surface area contributed by atoms with E-state index in [9.17, 15) is 9.59 Å². The number of carbonyl (C=O) groups is 2. The zero-order valence-corrected chi connectivity index (χ0v) is 12.8. The molecule has 0 saturated carbocycles. The second-order valence-electron chi connectivity index (χ2n) is 5.61. The molecule has 2 aromatic rings. The second kappa shape index (κ2) is 6.16. The lowest BCUT2D eigenvalue weighted by molar-refractivity contribution is -0.121. The smallest absolute Gasteiger partial charge is 0.342 e. The van der Waals surface area contributed by atoms with E-state index in [-0.39, 0.29) is 0 Å². The van der Waals surface area contributed by atoms with Crippen molar-refractivity contribution in [3.8, 4) is 0 Å². The number of furan rings is 1. The molecule has 1 atom stereocenters. The minimum absolute atomic E-state index is 0.312. The van der Waals surface area contributed by atoms with Gasteiger partial charge in [0, 0.05) is 11.7 Å². The number of primary amides is 1. The maximum Gasteiger partial charge on any atom is 0.342 e. The number of rotatable bonds is 5. The minimum atomic E-state index is -0.689. The van der Waals surface area contributed by atoms with Gasteiger partial charge in [-0.3, -0.25) is 4.79 Å². The maximum atomic E-state index is 12.0. The highest BCUT2D eigenvalue weighted by atomic mass is 16.5. The Labute approximate surface area is 133 Å². The SMILES string of the molecule is C[C@H]1Cc2ccccc2N1Cc1occc1C(=O)OCC(N)=O. The number of anilines is 1. The third kappa shape index (κ3) is 3.06. The van der Waals surface area contributed by atoms with Gasteiger partial charge in [-0.1, -0.05) is 18.2 Å². The van der Waals surface area contributed by atoms with Crippen LogP contribution in [0.1, 0.15) is 28.6 Å². The molecule has 1 aliphatic rings. The number of benzene rings is 1. The summed E-state index contributed by atoms with van der Waals surface area (Å²) in [7, 11) is 0. The first kappa shape index (κ1) is 15.1. The van der Waals surface area contributed by atoms with Crippen LogP contribution in [-0.2, 0) is 22.5 Å². The lowest BCUT2D eigenvalue weighted by atomic mass is 10.1. The van der Waals surface area contributed by atoms with E-state index in [1.54, 1.807) is 6.07 Å². The average molecular weight is 314 g/mol. The van der Waals surface area contributed by atoms with E-state index in [0.29, 0.717) is 23.9 Å². The van der Waals surface area contributed by atoms with E-state index in [2.05, 4.69) is 24.0 Å². The molecule has 0 unspecified atom stereocenters. The van der Waals surface area contributed by atoms with E-state index < -0.39 is 18.5 Å². The lowest BCUT2D eigenvalue weighted by Crippen LogP contribution is -2.29. The summed E-state index contributed by atoms with van der Waals surface area (Å²) in [6.07, 6.45) is 2.40. The van der Waals surface area contributed by atoms with Gasteiger partial charge in [0.25, 0.3) is 5.91 Å². The van der Waals surface area contributed by atoms with E-state index in [4.69, 9.17) is 14.9 Å². The second-order valence-corrected chi connectivity index (χ2v) is 5.61. The number of ether oxygens (including phenoxy) is 1. The van der Waals surface area contributed by atoms with Crippen molar-refractivity contribution in [1.29, 1.82) is 0 Å². The zero-order chi connectivity index (χ0) is 16.4. The molecule has 2 N–H and O–H groups in total. The molecular formula is C17H18N2O4. The predicted octanol–water partition coefficient (Wildman–Crippen LogP) is 1.87. The molecule has 1 amide bonds. The Balaban J connectivity index is 1.78. The van der Waals surface area contributed by atoms with Crippen LogP contribution in [-0.4, -0.2) is 24.5 Å². The Morgan fingerprint density at radius 1 is 1.35 bits per heavy atom. The topological polar surface area (TPSA) is 85.8 Å². The highest BCUT2D eigenvalue weighted by Crippen LogP contribution is 2.33. The number of para-hydroxylation sites is 1. The molecule has 0 radical (unpaired) electrons. The van der Waals surface area contributed by atoms with Crippen LogP contribution < -0.4 is 10.6 Å². The van der Waals surface area contributed by atoms with Crippen LogP contribution in [0.3, 0.4) is 0 Å². The van der Waals surface area contributed by atoms with Gasteiger partial charge in [0.15, 0.2) is 6.61 Å². The molecule has 0 aliphatic carbocycles. The molecule has 1 aromatic heterocycles. The monoisotopic (exact) mass is 314 g/mol. The van der Waals surface area contributed by atoms with E-state index in [0.717, 1.165) is 12.1 Å². The molecule has 0 bridgehead atoms. The number of hydrogen-bond donors (Lipinski definition) is 1. The van der Waals surface area contributed by atoms with Gasteiger partial charge in [-0.05, 0) is 31.0 Å². The standard InChI is InChI=1S/C17H18N2O4/c1-11-8-12-4-2-3-5-14(12)19(11)9-15-13(6-7-22-15)17(21)23-10-16(18)20/h2-7,11H,8-10H2,1H3,(H2,18,20)/t11-/m0/s1. The van der Waals surface area contributed by atoms with Gasteiger partial charge in [0.05, 0.1) is 12.8 Å². The summed E-state index contributed by atoms with van der Waals surface area (Å²) in [6, 6.07) is 10.0. The molecular weight excluding hydrogens is 296 g/mol. The largest absolute Gasteiger partial charge is 0.467 e. The van der Waals surface area contributed by atoms with Crippen LogP contribution >= 0.6 is 0 Å². The van der Waals surface area contributed by atoms with Crippen molar-refractivity contribution in [3.05, 3.63) is 53.5 Å². The summed E-state index contributed by atoms with van der Waals surface area (Å²) in [5.74, 6) is -0.777. The highest BCUT2D eigenvalue weighted by Gasteiger charge is 2.28. The van der Waals surface area contributed by atoms with E-state index in [1.807, 2.05) is 12.1 Å². The molecule has 23 heavy (non-hydrogen) atoms. The van der Waals surface area contributed by atoms with Crippen LogP contribution in [0.2, 0.25) is 0 Å². The Kier molecular flexibility index (Phi) is 4.06. The molecule has 3 rings (SSSR count). The molecule has 0 spiro atoms. The van der Waals surface area contributed by atoms with Gasteiger partial charge in [0.2, 0.25) is 0 Å². The molecule has 1 aromatic carbocycles. The van der Waals surface area contributed by atoms with Crippen LogP contribution in [0.15, 0.2) is 41.0 Å². The van der Waals surface area contributed by atoms with E-state index in [1.165, 1.54) is 11.8 Å². The molecule has 0 saturated heterocycles. The van der Waals surface area contributed by atoms with Crippen LogP contribution in [0.5, 0.6) is 0 Å². The number of fused-ring (bicyclic) bond motifs is 1. The lowest BCUT2D eigenvalue weighted by Gasteiger charge is -2.24. The fourth-order valence-electron chi connectivity index (χ4n) is 2.88. The van der Waals surface area contributed by atoms with Gasteiger partial charge < -0.3 is 19.8 Å². The summed E-state index contributed by atoms with van der Waals surface area (Å²) in [6.45, 7) is 2.16. The first-order valence-electron chi connectivity index (χ1n) is 7.42. The van der Waals surface area contributed by atoms with Crippen LogP contribution in [0.25, 0.3) is 0 Å². The van der Waals surface area contributed by atoms with E-state index >= 15 is 0 Å². The van der Waals surface area contributed by atoms with Gasteiger partial charge in [-0.25, -0.2) is 4.79 Å². The van der Waals surface area contributed by atoms with Gasteiger partial charge in [-0.2, -0.15) is 0 Å². The Hall–Kier alpha value is -2.76. The van der Waals surface area contributed by atoms with Crippen molar-refractivity contribution in [2.75, 3.05) is 11.5 Å². The van der Waals surface area contributed by atoms with Crippen molar-refractivity contribution in [2.45, 2.75) is 25.9 Å². The molecule has 6 nitrogen and oxygen atoms in total. The van der Waals surface area contributed by atoms with Gasteiger partial charge >= 0.3 is 5.97 Å². The molecule has 0 fully saturated rings. The molecule has 1 aliphatic heterocycles. The quantitative estimate of drug-likeness (QED) is 0.852. The highest BCUT2D eigenvalue weighted by molar-refractivity contribution is 5.92. The summed E-state index contributed by atoms with van der Waals surface area (Å²) in [5.41, 5.74) is 7.74. The molecule has 120 valence electrons. The van der Waals surface area contributed by atoms with Crippen LogP contribution in [0, 0.1) is 0 Å². The van der Waals surface area contributed by atoms with Crippen molar-refractivity contribution in [1.82, 2.24) is 0 Å². The number of esters is 1. The Bertz CT molecular complexity index is 738. The number of nitrogens with zero attached hydrogens (tertiary/aromatic N) is 1. The first-order chi connectivity index (χ1) is 11.1. The fraction of sp³-hybridized carbons (Fsp3) is 0.294. The van der Waals surface area contributed by atoms with Crippen LogP contribution in [0.4, 0.5) is 5.69 Å². The van der Waals surface area contributed by atoms with Crippen molar-refractivity contribution in [3.63, 3.8) is 0 Å². The van der Waals surface area contributed by atoms with Crippen molar-refractivity contribution < 1.29 is 18.7 Å². The number of carbonyl (C=O) groups excluding carboxylic acids is 2. The normalized spacial score (nSPS) is 16.2. The predicted molar refractivity (Wildman–Crippen MR) is 84.0 cm³/mol. The van der Waals surface area contributed by atoms with Crippen molar-refractivity contribution in [2.24, 2.45) is 5.73 Å². The number of hydrogen-bond acceptors (Lipinski definition) is 5. The maximum absolute atomic E-state index is 12.0. The average Bonchev–Trinajstić information content (AvgIpc) is 3.10. The molecule has 6 heteroatoms. The Morgan fingerprint density at radius 3 is 2.91 bits per heavy atom. The zero-order valence-electron chi connectivity index (χ0n) is 12.8. The minimum Gasteiger partial charge on any atom is -0.467 e. The third-order valence-electron chi connectivity index (χ3n) is 3.97. The summed E-state index contributed by atoms with van der Waals surface area (Å²) in [5, 5.41) is 0. The Morgan fingerprint density at radius 2 is 2.13 bits per heavy atom. The summed E-state index contributed by atoms with van der Waals surface area (Å²) >= 11 is 0. The third-order valence-corrected chi connectivity index (χ3v) is 3.97. The summed E-state index contributed by atoms with van der Waals surface area (Å²) in [4.78, 5) is 24.9. The van der Waals surface area contributed by atoms with Gasteiger partial charge in [0.1, 0.15) is 11.3 Å². The first-order valence-corrected chi connectivity index (χ1v) is 7.42. The van der Waals surface area contributed by atoms with Crippen molar-refractivity contribution >= 4 is 17.6 Å². The fourth-order valence-corrected chi connectivity index (χ4v) is 2.88. The number of amides is 1. The number of nitrogens with two attached hydrogens (primary N) is 1. The molecule has 2 heterocycles. The van der Waals surface area contributed by atoms with Gasteiger partial charge in [-0.15, -0.1) is 0 Å². The summed E-state index contributed by atoms with van der Waals surface area (Å²) < 4.78 is 10.3.